The van der Waals surface area contributed by atoms with Crippen LogP contribution in [0.3, 0.4) is 0 Å². The molecule has 8 heteroatoms. The van der Waals surface area contributed by atoms with Crippen molar-refractivity contribution in [3.63, 3.8) is 0 Å². The first-order valence-corrected chi connectivity index (χ1v) is 9.87. The molecule has 2 aromatic heterocycles. The van der Waals surface area contributed by atoms with Gasteiger partial charge in [-0.05, 0) is 48.9 Å². The fraction of sp³-hybridized carbons (Fsp3) is 0.429. The highest BCUT2D eigenvalue weighted by molar-refractivity contribution is 5.93. The molecule has 3 aromatic rings. The zero-order valence-corrected chi connectivity index (χ0v) is 15.7. The molecule has 3 heterocycles. The number of alkyl halides is 2. The van der Waals surface area contributed by atoms with Crippen LogP contribution in [0.5, 0.6) is 0 Å². The second-order valence-corrected chi connectivity index (χ2v) is 8.06. The van der Waals surface area contributed by atoms with Crippen molar-refractivity contribution in [1.29, 1.82) is 0 Å². The molecular weight excluding hydrogens is 378 g/mol. The Labute approximate surface area is 166 Å². The van der Waals surface area contributed by atoms with Crippen molar-refractivity contribution in [1.82, 2.24) is 19.0 Å². The van der Waals surface area contributed by atoms with Crippen molar-refractivity contribution >= 4 is 16.9 Å². The van der Waals surface area contributed by atoms with Crippen LogP contribution >= 0.6 is 0 Å². The summed E-state index contributed by atoms with van der Waals surface area (Å²) < 4.78 is 29.0. The predicted molar refractivity (Wildman–Crippen MR) is 103 cm³/mol. The number of hydrogen-bond acceptors (Lipinski definition) is 3. The zero-order chi connectivity index (χ0) is 20.1. The molecule has 29 heavy (non-hydrogen) atoms. The first-order chi connectivity index (χ1) is 14.0. The van der Waals surface area contributed by atoms with E-state index in [9.17, 15) is 18.7 Å². The Bertz CT molecular complexity index is 1050. The SMILES string of the molecule is O=C(c1cccn1C(F)F)N1C[C@H]2C[C@@H](n3cnc4ccccc43)[C@H](O)C[C@H]2C1. The van der Waals surface area contributed by atoms with Crippen molar-refractivity contribution in [2.45, 2.75) is 31.5 Å². The molecule has 0 unspecified atom stereocenters. The number of para-hydroxylation sites is 2. The highest BCUT2D eigenvalue weighted by Gasteiger charge is 2.44. The number of nitrogens with zero attached hydrogens (tertiary/aromatic N) is 4. The van der Waals surface area contributed by atoms with Gasteiger partial charge in [0.1, 0.15) is 5.69 Å². The van der Waals surface area contributed by atoms with E-state index in [1.165, 1.54) is 18.3 Å². The minimum absolute atomic E-state index is 0.0105. The molecule has 1 N–H and O–H groups in total. The van der Waals surface area contributed by atoms with Gasteiger partial charge in [-0.1, -0.05) is 12.1 Å². The lowest BCUT2D eigenvalue weighted by Crippen LogP contribution is -2.36. The zero-order valence-electron chi connectivity index (χ0n) is 15.7. The quantitative estimate of drug-likeness (QED) is 0.734. The highest BCUT2D eigenvalue weighted by Crippen LogP contribution is 2.42. The first-order valence-electron chi connectivity index (χ1n) is 9.87. The third kappa shape index (κ3) is 3.02. The fourth-order valence-electron chi connectivity index (χ4n) is 5.02. The molecular formula is C21H22F2N4O2. The standard InChI is InChI=1S/C21H22F2N4O2/c22-21(23)26-7-3-6-17(26)20(29)25-10-13-8-18(19(28)9-14(13)11-25)27-12-24-15-4-1-2-5-16(15)27/h1-7,12-14,18-19,21,28H,8-11H2/t13-,14+,18-,19-/m1/s1. The molecule has 2 fully saturated rings. The molecule has 4 atom stereocenters. The lowest BCUT2D eigenvalue weighted by Gasteiger charge is -2.36. The number of aliphatic hydroxyl groups is 1. The number of imidazole rings is 1. The van der Waals surface area contributed by atoms with Gasteiger partial charge in [0.25, 0.3) is 5.91 Å². The summed E-state index contributed by atoms with van der Waals surface area (Å²) in [6.07, 6.45) is 3.78. The largest absolute Gasteiger partial charge is 0.391 e. The van der Waals surface area contributed by atoms with E-state index >= 15 is 0 Å². The van der Waals surface area contributed by atoms with Gasteiger partial charge < -0.3 is 14.6 Å². The van der Waals surface area contributed by atoms with E-state index in [4.69, 9.17) is 0 Å². The van der Waals surface area contributed by atoms with Crippen molar-refractivity contribution in [3.8, 4) is 0 Å². The molecule has 1 saturated carbocycles. The van der Waals surface area contributed by atoms with E-state index in [-0.39, 0.29) is 29.5 Å². The minimum atomic E-state index is -2.74. The second-order valence-electron chi connectivity index (χ2n) is 8.06. The third-order valence-corrected chi connectivity index (χ3v) is 6.44. The van der Waals surface area contributed by atoms with Gasteiger partial charge in [-0.15, -0.1) is 0 Å². The molecule has 5 rings (SSSR count). The van der Waals surface area contributed by atoms with Gasteiger partial charge in [0.2, 0.25) is 0 Å². The Kier molecular flexibility index (Phi) is 4.38. The van der Waals surface area contributed by atoms with Crippen LogP contribution in [0.15, 0.2) is 48.9 Å². The Balaban J connectivity index is 1.36. The molecule has 152 valence electrons. The predicted octanol–water partition coefficient (Wildman–Crippen LogP) is 3.32. The summed E-state index contributed by atoms with van der Waals surface area (Å²) in [6.45, 7) is -1.73. The number of amides is 1. The molecule has 1 aromatic carbocycles. The molecule has 0 spiro atoms. The van der Waals surface area contributed by atoms with Crippen molar-refractivity contribution in [2.24, 2.45) is 11.8 Å². The van der Waals surface area contributed by atoms with Gasteiger partial charge in [0.05, 0.1) is 29.5 Å². The minimum Gasteiger partial charge on any atom is -0.391 e. The van der Waals surface area contributed by atoms with Crippen LogP contribution in [0.1, 0.15) is 35.9 Å². The van der Waals surface area contributed by atoms with Crippen LogP contribution in [0.2, 0.25) is 0 Å². The topological polar surface area (TPSA) is 63.3 Å². The van der Waals surface area contributed by atoms with E-state index < -0.39 is 12.7 Å². The Morgan fingerprint density at radius 3 is 2.66 bits per heavy atom. The number of benzene rings is 1. The van der Waals surface area contributed by atoms with Gasteiger partial charge in [0.15, 0.2) is 0 Å². The molecule has 0 radical (unpaired) electrons. The van der Waals surface area contributed by atoms with E-state index in [1.54, 1.807) is 11.2 Å². The number of halogens is 2. The van der Waals surface area contributed by atoms with Crippen LogP contribution in [0.4, 0.5) is 8.78 Å². The Hall–Kier alpha value is -2.74. The molecule has 1 amide bonds. The average Bonchev–Trinajstić information content (AvgIpc) is 3.44. The van der Waals surface area contributed by atoms with E-state index in [0.717, 1.165) is 17.5 Å². The lowest BCUT2D eigenvalue weighted by atomic mass is 9.77. The number of hydrogen-bond donors (Lipinski definition) is 1. The maximum atomic E-state index is 13.1. The Morgan fingerprint density at radius 1 is 1.10 bits per heavy atom. The average molecular weight is 400 g/mol. The van der Waals surface area contributed by atoms with Gasteiger partial charge in [-0.25, -0.2) is 4.98 Å². The van der Waals surface area contributed by atoms with E-state index in [2.05, 4.69) is 4.98 Å². The maximum Gasteiger partial charge on any atom is 0.319 e. The number of likely N-dealkylation sites (tertiary alicyclic amines) is 1. The fourth-order valence-corrected chi connectivity index (χ4v) is 5.02. The summed E-state index contributed by atoms with van der Waals surface area (Å²) in [7, 11) is 0. The number of carbonyl (C=O) groups is 1. The van der Waals surface area contributed by atoms with Crippen LogP contribution in [0.25, 0.3) is 11.0 Å². The first kappa shape index (κ1) is 18.3. The molecule has 1 aliphatic heterocycles. The number of rotatable bonds is 3. The van der Waals surface area contributed by atoms with Crippen LogP contribution in [-0.4, -0.2) is 49.2 Å². The van der Waals surface area contributed by atoms with Crippen LogP contribution in [-0.2, 0) is 0 Å². The molecule has 0 bridgehead atoms. The number of aromatic nitrogens is 3. The summed E-state index contributed by atoms with van der Waals surface area (Å²) in [6, 6.07) is 10.6. The summed E-state index contributed by atoms with van der Waals surface area (Å²) in [5.41, 5.74) is 1.88. The van der Waals surface area contributed by atoms with Crippen molar-refractivity contribution in [2.75, 3.05) is 13.1 Å². The number of aliphatic hydroxyl groups excluding tert-OH is 1. The van der Waals surface area contributed by atoms with Crippen LogP contribution < -0.4 is 0 Å². The normalized spacial score (nSPS) is 27.0. The number of fused-ring (bicyclic) bond motifs is 2. The molecule has 1 saturated heterocycles. The van der Waals surface area contributed by atoms with Gasteiger partial charge >= 0.3 is 6.55 Å². The number of carbonyl (C=O) groups excluding carboxylic acids is 1. The lowest BCUT2D eigenvalue weighted by molar-refractivity contribution is 0.0374. The highest BCUT2D eigenvalue weighted by atomic mass is 19.3. The summed E-state index contributed by atoms with van der Waals surface area (Å²) in [4.78, 5) is 18.9. The second kappa shape index (κ2) is 6.95. The van der Waals surface area contributed by atoms with Crippen molar-refractivity contribution < 1.29 is 18.7 Å². The smallest absolute Gasteiger partial charge is 0.319 e. The summed E-state index contributed by atoms with van der Waals surface area (Å²) in [5.74, 6) is 0.0299. The molecule has 2 aliphatic rings. The van der Waals surface area contributed by atoms with Crippen LogP contribution in [0, 0.1) is 11.8 Å². The summed E-state index contributed by atoms with van der Waals surface area (Å²) >= 11 is 0. The van der Waals surface area contributed by atoms with E-state index in [1.807, 2.05) is 28.8 Å². The maximum absolute atomic E-state index is 13.1. The summed E-state index contributed by atoms with van der Waals surface area (Å²) in [5, 5.41) is 10.8. The van der Waals surface area contributed by atoms with Gasteiger partial charge in [-0.2, -0.15) is 8.78 Å². The monoisotopic (exact) mass is 400 g/mol. The van der Waals surface area contributed by atoms with Gasteiger partial charge in [0, 0.05) is 19.3 Å². The third-order valence-electron chi connectivity index (χ3n) is 6.44. The Morgan fingerprint density at radius 2 is 1.86 bits per heavy atom. The van der Waals surface area contributed by atoms with Gasteiger partial charge in [-0.3, -0.25) is 9.36 Å². The molecule has 6 nitrogen and oxygen atoms in total. The van der Waals surface area contributed by atoms with E-state index in [0.29, 0.717) is 24.1 Å². The molecule has 1 aliphatic carbocycles. The van der Waals surface area contributed by atoms with Crippen molar-refractivity contribution in [3.05, 3.63) is 54.6 Å².